The van der Waals surface area contributed by atoms with Crippen LogP contribution in [0.5, 0.6) is 0 Å². The van der Waals surface area contributed by atoms with Crippen molar-refractivity contribution >= 4 is 17.8 Å². The predicted molar refractivity (Wildman–Crippen MR) is 89.1 cm³/mol. The van der Waals surface area contributed by atoms with Crippen LogP contribution in [0.4, 0.5) is 0 Å². The summed E-state index contributed by atoms with van der Waals surface area (Å²) < 4.78 is 0. The Labute approximate surface area is 141 Å². The van der Waals surface area contributed by atoms with Crippen LogP contribution in [0.3, 0.4) is 0 Å². The number of carbonyl (C=O) groups excluding carboxylic acids is 2. The summed E-state index contributed by atoms with van der Waals surface area (Å²) >= 11 is 0. The Morgan fingerprint density at radius 1 is 1.17 bits per heavy atom. The van der Waals surface area contributed by atoms with Gasteiger partial charge in [-0.3, -0.25) is 14.4 Å². The van der Waals surface area contributed by atoms with Gasteiger partial charge in [0.2, 0.25) is 11.8 Å². The summed E-state index contributed by atoms with van der Waals surface area (Å²) in [6.45, 7) is 3.95. The smallest absolute Gasteiger partial charge is 0.311 e. The molecule has 24 heavy (non-hydrogen) atoms. The van der Waals surface area contributed by atoms with Crippen molar-refractivity contribution in [3.63, 3.8) is 0 Å². The number of amides is 2. The summed E-state index contributed by atoms with van der Waals surface area (Å²) in [5.74, 6) is -1.28. The summed E-state index contributed by atoms with van der Waals surface area (Å²) in [6, 6.07) is 8.14. The average molecular weight is 332 g/mol. The molecule has 130 valence electrons. The highest BCUT2D eigenvalue weighted by Crippen LogP contribution is 2.45. The van der Waals surface area contributed by atoms with E-state index in [9.17, 15) is 19.5 Å². The standard InChI is InChI=1S/C18H24N2O4/c1-12(2)10-14(21)20-15(13-6-4-3-5-7-13)16(22)19-11-18(8-9-18)17(23)24/h3-7,12,15H,8-11H2,1-2H3,(H,19,22)(H,20,21)(H,23,24). The molecule has 1 unspecified atom stereocenters. The largest absolute Gasteiger partial charge is 0.481 e. The predicted octanol–water partition coefficient (Wildman–Crippen LogP) is 1.87. The van der Waals surface area contributed by atoms with Crippen molar-refractivity contribution in [2.75, 3.05) is 6.54 Å². The minimum absolute atomic E-state index is 0.0878. The third-order valence-electron chi connectivity index (χ3n) is 4.20. The maximum absolute atomic E-state index is 12.5. The SMILES string of the molecule is CC(C)CC(=O)NC(C(=O)NCC1(C(=O)O)CC1)c1ccccc1. The Hall–Kier alpha value is -2.37. The lowest BCUT2D eigenvalue weighted by Crippen LogP contribution is -2.43. The van der Waals surface area contributed by atoms with Crippen molar-refractivity contribution in [2.45, 2.75) is 39.2 Å². The summed E-state index contributed by atoms with van der Waals surface area (Å²) in [6.07, 6.45) is 1.46. The molecule has 1 saturated carbocycles. The lowest BCUT2D eigenvalue weighted by atomic mass is 10.0. The van der Waals surface area contributed by atoms with Crippen LogP contribution in [-0.2, 0) is 14.4 Å². The second-order valence-electron chi connectivity index (χ2n) is 6.81. The number of nitrogens with one attached hydrogen (secondary N) is 2. The van der Waals surface area contributed by atoms with Gasteiger partial charge in [0.15, 0.2) is 0 Å². The molecule has 1 fully saturated rings. The molecule has 3 N–H and O–H groups in total. The fourth-order valence-corrected chi connectivity index (χ4v) is 2.51. The molecule has 0 aromatic heterocycles. The second kappa shape index (κ2) is 7.47. The second-order valence-corrected chi connectivity index (χ2v) is 6.81. The molecule has 2 rings (SSSR count). The summed E-state index contributed by atoms with van der Waals surface area (Å²) in [5.41, 5.74) is -0.161. The highest BCUT2D eigenvalue weighted by atomic mass is 16.4. The molecule has 0 heterocycles. The molecular weight excluding hydrogens is 308 g/mol. The molecule has 1 aliphatic carbocycles. The van der Waals surface area contributed by atoms with Crippen molar-refractivity contribution in [3.8, 4) is 0 Å². The monoisotopic (exact) mass is 332 g/mol. The van der Waals surface area contributed by atoms with Gasteiger partial charge >= 0.3 is 5.97 Å². The molecule has 0 aliphatic heterocycles. The number of aliphatic carboxylic acids is 1. The number of rotatable bonds is 8. The van der Waals surface area contributed by atoms with E-state index in [1.165, 1.54) is 0 Å². The van der Waals surface area contributed by atoms with Crippen LogP contribution >= 0.6 is 0 Å². The Bertz CT molecular complexity index is 609. The van der Waals surface area contributed by atoms with E-state index in [4.69, 9.17) is 0 Å². The normalized spacial score (nSPS) is 16.3. The first-order valence-corrected chi connectivity index (χ1v) is 8.19. The summed E-state index contributed by atoms with van der Waals surface area (Å²) in [4.78, 5) is 35.8. The van der Waals surface area contributed by atoms with Gasteiger partial charge in [-0.1, -0.05) is 44.2 Å². The molecule has 1 aromatic carbocycles. The average Bonchev–Trinajstić information content (AvgIpc) is 3.32. The van der Waals surface area contributed by atoms with Crippen LogP contribution in [-0.4, -0.2) is 29.4 Å². The van der Waals surface area contributed by atoms with Gasteiger partial charge in [-0.15, -0.1) is 0 Å². The number of benzene rings is 1. The van der Waals surface area contributed by atoms with Crippen LogP contribution in [0.25, 0.3) is 0 Å². The molecule has 1 aliphatic rings. The third kappa shape index (κ3) is 4.57. The van der Waals surface area contributed by atoms with Crippen molar-refractivity contribution in [1.82, 2.24) is 10.6 Å². The Morgan fingerprint density at radius 3 is 2.29 bits per heavy atom. The zero-order valence-electron chi connectivity index (χ0n) is 14.0. The lowest BCUT2D eigenvalue weighted by Gasteiger charge is -2.20. The first kappa shape index (κ1) is 18.0. The van der Waals surface area contributed by atoms with Crippen LogP contribution in [0, 0.1) is 11.3 Å². The molecule has 0 bridgehead atoms. The number of carbonyl (C=O) groups is 3. The highest BCUT2D eigenvalue weighted by molar-refractivity contribution is 5.89. The van der Waals surface area contributed by atoms with Gasteiger partial charge in [0.25, 0.3) is 0 Å². The van der Waals surface area contributed by atoms with E-state index in [2.05, 4.69) is 10.6 Å². The molecule has 0 radical (unpaired) electrons. The molecule has 1 atom stereocenters. The Morgan fingerprint density at radius 2 is 1.79 bits per heavy atom. The fraction of sp³-hybridized carbons (Fsp3) is 0.500. The van der Waals surface area contributed by atoms with Gasteiger partial charge in [0, 0.05) is 13.0 Å². The van der Waals surface area contributed by atoms with Gasteiger partial charge in [-0.05, 0) is 24.3 Å². The zero-order chi connectivity index (χ0) is 17.7. The molecule has 6 heteroatoms. The highest BCUT2D eigenvalue weighted by Gasteiger charge is 2.50. The zero-order valence-corrected chi connectivity index (χ0v) is 14.0. The molecule has 0 spiro atoms. The van der Waals surface area contributed by atoms with Crippen LogP contribution in [0.1, 0.15) is 44.7 Å². The minimum Gasteiger partial charge on any atom is -0.481 e. The van der Waals surface area contributed by atoms with Gasteiger partial charge in [0.1, 0.15) is 6.04 Å². The Kier molecular flexibility index (Phi) is 5.59. The van der Waals surface area contributed by atoms with Gasteiger partial charge in [0.05, 0.1) is 5.41 Å². The topological polar surface area (TPSA) is 95.5 Å². The van der Waals surface area contributed by atoms with E-state index in [1.54, 1.807) is 24.3 Å². The summed E-state index contributed by atoms with van der Waals surface area (Å²) in [7, 11) is 0. The van der Waals surface area contributed by atoms with E-state index < -0.39 is 17.4 Å². The van der Waals surface area contributed by atoms with E-state index in [0.717, 1.165) is 0 Å². The van der Waals surface area contributed by atoms with E-state index in [1.807, 2.05) is 19.9 Å². The van der Waals surface area contributed by atoms with Crippen molar-refractivity contribution in [1.29, 1.82) is 0 Å². The van der Waals surface area contributed by atoms with Crippen LogP contribution in [0.15, 0.2) is 30.3 Å². The fourth-order valence-electron chi connectivity index (χ4n) is 2.51. The van der Waals surface area contributed by atoms with Crippen LogP contribution < -0.4 is 10.6 Å². The van der Waals surface area contributed by atoms with Gasteiger partial charge in [-0.25, -0.2) is 0 Å². The van der Waals surface area contributed by atoms with Crippen molar-refractivity contribution in [2.24, 2.45) is 11.3 Å². The molecule has 2 amide bonds. The first-order chi connectivity index (χ1) is 11.3. The van der Waals surface area contributed by atoms with E-state index in [0.29, 0.717) is 24.8 Å². The molecule has 6 nitrogen and oxygen atoms in total. The molecule has 0 saturated heterocycles. The minimum atomic E-state index is -0.886. The van der Waals surface area contributed by atoms with Crippen molar-refractivity contribution in [3.05, 3.63) is 35.9 Å². The van der Waals surface area contributed by atoms with Gasteiger partial charge < -0.3 is 15.7 Å². The summed E-state index contributed by atoms with van der Waals surface area (Å²) in [5, 5.41) is 14.6. The maximum atomic E-state index is 12.5. The number of hydrogen-bond acceptors (Lipinski definition) is 3. The molecule has 1 aromatic rings. The maximum Gasteiger partial charge on any atom is 0.311 e. The number of hydrogen-bond donors (Lipinski definition) is 3. The lowest BCUT2D eigenvalue weighted by molar-refractivity contribution is -0.143. The first-order valence-electron chi connectivity index (χ1n) is 8.19. The third-order valence-corrected chi connectivity index (χ3v) is 4.20. The van der Waals surface area contributed by atoms with Crippen LogP contribution in [0.2, 0.25) is 0 Å². The number of carboxylic acids is 1. The van der Waals surface area contributed by atoms with Crippen molar-refractivity contribution < 1.29 is 19.5 Å². The Balaban J connectivity index is 2.06. The van der Waals surface area contributed by atoms with E-state index in [-0.39, 0.29) is 24.3 Å². The number of carboxylic acid groups (broad SMARTS) is 1. The molecular formula is C18H24N2O4. The van der Waals surface area contributed by atoms with Gasteiger partial charge in [-0.2, -0.15) is 0 Å². The van der Waals surface area contributed by atoms with E-state index >= 15 is 0 Å². The quantitative estimate of drug-likeness (QED) is 0.677.